The monoisotopic (exact) mass is 305 g/mol. The fourth-order valence-corrected chi connectivity index (χ4v) is 2.64. The van der Waals surface area contributed by atoms with Crippen molar-refractivity contribution in [2.75, 3.05) is 6.61 Å². The standard InChI is InChI=1S/C14H27NO6/c1-3-5-8(6-4-2)13(19)15-10-12(18)11(17)9(7-16)21-14(10)20/h8-12,14,16-18,20H,3-7H2,1-2H3,(H,15,19)/t9-,10-,11-,12-,14?/m1/s1. The number of hydrogen-bond acceptors (Lipinski definition) is 6. The molecule has 0 aliphatic carbocycles. The van der Waals surface area contributed by atoms with Crippen molar-refractivity contribution in [2.24, 2.45) is 5.92 Å². The van der Waals surface area contributed by atoms with E-state index in [9.17, 15) is 20.1 Å². The number of aliphatic hydroxyl groups excluding tert-OH is 4. The smallest absolute Gasteiger partial charge is 0.223 e. The molecule has 1 unspecified atom stereocenters. The Morgan fingerprint density at radius 2 is 1.71 bits per heavy atom. The van der Waals surface area contributed by atoms with Crippen molar-refractivity contribution in [3.8, 4) is 0 Å². The van der Waals surface area contributed by atoms with Gasteiger partial charge in [0.25, 0.3) is 0 Å². The second-order valence-corrected chi connectivity index (χ2v) is 5.54. The van der Waals surface area contributed by atoms with Gasteiger partial charge in [0, 0.05) is 5.92 Å². The summed E-state index contributed by atoms with van der Waals surface area (Å²) in [5.74, 6) is -0.452. The molecule has 5 atom stereocenters. The van der Waals surface area contributed by atoms with E-state index in [1.54, 1.807) is 0 Å². The van der Waals surface area contributed by atoms with Crippen molar-refractivity contribution in [2.45, 2.75) is 70.2 Å². The number of carbonyl (C=O) groups excluding carboxylic acids is 1. The molecule has 124 valence electrons. The number of rotatable bonds is 7. The predicted octanol–water partition coefficient (Wildman–Crippen LogP) is -0.881. The van der Waals surface area contributed by atoms with Crippen LogP contribution < -0.4 is 5.32 Å². The number of aliphatic hydroxyl groups is 4. The Balaban J connectivity index is 2.69. The summed E-state index contributed by atoms with van der Waals surface area (Å²) in [5.41, 5.74) is 0. The van der Waals surface area contributed by atoms with E-state index in [4.69, 9.17) is 9.84 Å². The van der Waals surface area contributed by atoms with Gasteiger partial charge in [-0.3, -0.25) is 4.79 Å². The molecule has 7 heteroatoms. The third kappa shape index (κ3) is 4.62. The lowest BCUT2D eigenvalue weighted by Crippen LogP contribution is -2.64. The minimum Gasteiger partial charge on any atom is -0.394 e. The van der Waals surface area contributed by atoms with Crippen molar-refractivity contribution in [3.63, 3.8) is 0 Å². The summed E-state index contributed by atoms with van der Waals surface area (Å²) in [7, 11) is 0. The van der Waals surface area contributed by atoms with Crippen LogP contribution in [0.4, 0.5) is 0 Å². The van der Waals surface area contributed by atoms with Crippen LogP contribution in [0.2, 0.25) is 0 Å². The van der Waals surface area contributed by atoms with E-state index >= 15 is 0 Å². The second kappa shape index (κ2) is 8.65. The molecular formula is C14H27NO6. The van der Waals surface area contributed by atoms with Crippen LogP contribution in [0.15, 0.2) is 0 Å². The van der Waals surface area contributed by atoms with Crippen LogP contribution in [0.5, 0.6) is 0 Å². The van der Waals surface area contributed by atoms with Gasteiger partial charge in [0.15, 0.2) is 6.29 Å². The van der Waals surface area contributed by atoms with Gasteiger partial charge in [-0.2, -0.15) is 0 Å². The Morgan fingerprint density at radius 1 is 1.14 bits per heavy atom. The Hall–Kier alpha value is -0.730. The minimum absolute atomic E-state index is 0.188. The molecule has 7 nitrogen and oxygen atoms in total. The first-order valence-corrected chi connectivity index (χ1v) is 7.57. The first-order valence-electron chi connectivity index (χ1n) is 7.57. The van der Waals surface area contributed by atoms with E-state index in [1.165, 1.54) is 0 Å². The summed E-state index contributed by atoms with van der Waals surface area (Å²) in [6, 6.07) is -1.11. The molecule has 0 aromatic rings. The number of hydrogen-bond donors (Lipinski definition) is 5. The van der Waals surface area contributed by atoms with Crippen LogP contribution in [0.25, 0.3) is 0 Å². The van der Waals surface area contributed by atoms with Gasteiger partial charge in [-0.25, -0.2) is 0 Å². The molecule has 0 spiro atoms. The SMILES string of the molecule is CCCC(CCC)C(=O)N[C@H]1C(O)O[C@H](CO)[C@@H](O)[C@@H]1O. The number of amides is 1. The number of carbonyl (C=O) groups is 1. The van der Waals surface area contributed by atoms with Crippen LogP contribution in [-0.2, 0) is 9.53 Å². The highest BCUT2D eigenvalue weighted by atomic mass is 16.6. The fourth-order valence-electron chi connectivity index (χ4n) is 2.64. The fraction of sp³-hybridized carbons (Fsp3) is 0.929. The molecule has 5 N–H and O–H groups in total. The zero-order valence-electron chi connectivity index (χ0n) is 12.6. The summed E-state index contributed by atoms with van der Waals surface area (Å²) in [6.07, 6.45) is -2.11. The van der Waals surface area contributed by atoms with E-state index < -0.39 is 37.3 Å². The van der Waals surface area contributed by atoms with Gasteiger partial charge in [-0.15, -0.1) is 0 Å². The number of ether oxygens (including phenoxy) is 1. The summed E-state index contributed by atoms with van der Waals surface area (Å²) in [4.78, 5) is 12.2. The Labute approximate surface area is 124 Å². The highest BCUT2D eigenvalue weighted by Crippen LogP contribution is 2.21. The maximum absolute atomic E-state index is 12.2. The molecule has 0 aromatic carbocycles. The van der Waals surface area contributed by atoms with Crippen LogP contribution in [0.3, 0.4) is 0 Å². The third-order valence-corrected chi connectivity index (χ3v) is 3.85. The molecule has 0 bridgehead atoms. The Morgan fingerprint density at radius 3 is 2.19 bits per heavy atom. The maximum atomic E-state index is 12.2. The molecule has 0 saturated carbocycles. The quantitative estimate of drug-likeness (QED) is 0.417. The van der Waals surface area contributed by atoms with Crippen molar-refractivity contribution in [1.82, 2.24) is 5.32 Å². The summed E-state index contributed by atoms with van der Waals surface area (Å²) < 4.78 is 5.01. The average Bonchev–Trinajstić information content (AvgIpc) is 2.46. The predicted molar refractivity (Wildman–Crippen MR) is 75.2 cm³/mol. The molecule has 1 amide bonds. The Kier molecular flexibility index (Phi) is 7.55. The largest absolute Gasteiger partial charge is 0.394 e. The molecule has 1 rings (SSSR count). The molecule has 0 aromatic heterocycles. The topological polar surface area (TPSA) is 119 Å². The van der Waals surface area contributed by atoms with Crippen LogP contribution >= 0.6 is 0 Å². The molecule has 1 fully saturated rings. The van der Waals surface area contributed by atoms with E-state index in [2.05, 4.69) is 5.32 Å². The molecule has 0 radical (unpaired) electrons. The van der Waals surface area contributed by atoms with Gasteiger partial charge in [0.1, 0.15) is 24.4 Å². The zero-order chi connectivity index (χ0) is 16.0. The van der Waals surface area contributed by atoms with Gasteiger partial charge in [-0.1, -0.05) is 26.7 Å². The lowest BCUT2D eigenvalue weighted by molar-refractivity contribution is -0.254. The van der Waals surface area contributed by atoms with Gasteiger partial charge >= 0.3 is 0 Å². The second-order valence-electron chi connectivity index (χ2n) is 5.54. The summed E-state index contributed by atoms with van der Waals surface area (Å²) >= 11 is 0. The van der Waals surface area contributed by atoms with E-state index in [1.807, 2.05) is 13.8 Å². The van der Waals surface area contributed by atoms with Crippen LogP contribution in [0.1, 0.15) is 39.5 Å². The van der Waals surface area contributed by atoms with Crippen molar-refractivity contribution < 1.29 is 30.0 Å². The van der Waals surface area contributed by atoms with Crippen molar-refractivity contribution >= 4 is 5.91 Å². The van der Waals surface area contributed by atoms with Crippen LogP contribution in [-0.4, -0.2) is 63.6 Å². The Bertz CT molecular complexity index is 321. The van der Waals surface area contributed by atoms with Gasteiger partial charge in [0.2, 0.25) is 5.91 Å². The molecule has 21 heavy (non-hydrogen) atoms. The maximum Gasteiger partial charge on any atom is 0.223 e. The normalized spacial score (nSPS) is 33.2. The average molecular weight is 305 g/mol. The number of nitrogens with one attached hydrogen (secondary N) is 1. The van der Waals surface area contributed by atoms with Crippen molar-refractivity contribution in [3.05, 3.63) is 0 Å². The van der Waals surface area contributed by atoms with E-state index in [-0.39, 0.29) is 11.8 Å². The van der Waals surface area contributed by atoms with E-state index in [0.717, 1.165) is 25.7 Å². The summed E-state index contributed by atoms with van der Waals surface area (Å²) in [5, 5.41) is 41.2. The first kappa shape index (κ1) is 18.3. The van der Waals surface area contributed by atoms with Gasteiger partial charge < -0.3 is 30.5 Å². The van der Waals surface area contributed by atoms with E-state index in [0.29, 0.717) is 0 Å². The first-order chi connectivity index (χ1) is 9.96. The highest BCUT2D eigenvalue weighted by Gasteiger charge is 2.44. The van der Waals surface area contributed by atoms with Gasteiger partial charge in [0.05, 0.1) is 6.61 Å². The molecular weight excluding hydrogens is 278 g/mol. The molecule has 1 aliphatic rings. The lowest BCUT2D eigenvalue weighted by Gasteiger charge is -2.40. The van der Waals surface area contributed by atoms with Gasteiger partial charge in [-0.05, 0) is 12.8 Å². The molecule has 1 saturated heterocycles. The zero-order valence-corrected chi connectivity index (χ0v) is 12.6. The minimum atomic E-state index is -1.46. The van der Waals surface area contributed by atoms with Crippen molar-refractivity contribution in [1.29, 1.82) is 0 Å². The molecule has 1 aliphatic heterocycles. The highest BCUT2D eigenvalue weighted by molar-refractivity contribution is 5.79. The van der Waals surface area contributed by atoms with Crippen LogP contribution in [0, 0.1) is 5.92 Å². The third-order valence-electron chi connectivity index (χ3n) is 3.85. The molecule has 1 heterocycles. The lowest BCUT2D eigenvalue weighted by atomic mass is 9.94. The summed E-state index contributed by atoms with van der Waals surface area (Å²) in [6.45, 7) is 3.45.